The van der Waals surface area contributed by atoms with Gasteiger partial charge >= 0.3 is 0 Å². The minimum atomic E-state index is 0.232. The van der Waals surface area contributed by atoms with Gasteiger partial charge in [-0.15, -0.1) is 0 Å². The highest BCUT2D eigenvalue weighted by molar-refractivity contribution is 5.30. The van der Waals surface area contributed by atoms with Gasteiger partial charge in [-0.25, -0.2) is 0 Å². The average molecular weight is 352 g/mol. The number of hydrogen-bond donors (Lipinski definition) is 1. The summed E-state index contributed by atoms with van der Waals surface area (Å²) in [6.07, 6.45) is 13.6. The Hall–Kier alpha value is -1.24. The number of hydrogen-bond acceptors (Lipinski definition) is 1. The van der Waals surface area contributed by atoms with E-state index < -0.39 is 0 Å². The molecule has 1 aromatic carbocycles. The van der Waals surface area contributed by atoms with Crippen LogP contribution in [0.2, 0.25) is 0 Å². The Morgan fingerprint density at radius 3 is 2.50 bits per heavy atom. The van der Waals surface area contributed by atoms with Crippen LogP contribution in [0.5, 0.6) is 0 Å². The van der Waals surface area contributed by atoms with Gasteiger partial charge in [-0.3, -0.25) is 0 Å². The van der Waals surface area contributed by atoms with Crippen LogP contribution >= 0.6 is 0 Å². The second-order valence-corrected chi connectivity index (χ2v) is 10.2. The van der Waals surface area contributed by atoms with Crippen molar-refractivity contribution in [2.45, 2.75) is 89.5 Å². The predicted molar refractivity (Wildman–Crippen MR) is 111 cm³/mol. The van der Waals surface area contributed by atoms with Crippen LogP contribution in [0.25, 0.3) is 0 Å². The Morgan fingerprint density at radius 1 is 1.04 bits per heavy atom. The molecule has 4 rings (SSSR count). The minimum absolute atomic E-state index is 0.232. The van der Waals surface area contributed by atoms with E-state index in [1.165, 1.54) is 69.9 Å². The summed E-state index contributed by atoms with van der Waals surface area (Å²) < 4.78 is 0. The lowest BCUT2D eigenvalue weighted by molar-refractivity contribution is 0.0352. The zero-order valence-corrected chi connectivity index (χ0v) is 16.9. The largest absolute Gasteiger partial charge is 0.386 e. The first kappa shape index (κ1) is 18.1. The molecule has 0 radical (unpaired) electrons. The van der Waals surface area contributed by atoms with E-state index in [9.17, 15) is 0 Å². The molecular formula is C25H37N. The van der Waals surface area contributed by atoms with Gasteiger partial charge in [0, 0.05) is 17.2 Å². The van der Waals surface area contributed by atoms with Crippen LogP contribution in [0.3, 0.4) is 0 Å². The molecule has 1 N–H and O–H groups in total. The normalized spacial score (nSPS) is 37.9. The lowest BCUT2D eigenvalue weighted by atomic mass is 9.50. The highest BCUT2D eigenvalue weighted by Crippen LogP contribution is 2.59. The molecule has 0 heterocycles. The van der Waals surface area contributed by atoms with Crippen molar-refractivity contribution < 1.29 is 0 Å². The van der Waals surface area contributed by atoms with E-state index in [4.69, 9.17) is 0 Å². The molecule has 0 amide bonds. The third-order valence-electron chi connectivity index (χ3n) is 7.72. The van der Waals surface area contributed by atoms with Crippen LogP contribution in [0, 0.1) is 17.3 Å². The third-order valence-corrected chi connectivity index (χ3v) is 7.72. The fourth-order valence-electron chi connectivity index (χ4n) is 6.82. The number of nitrogens with one attached hydrogen (secondary N) is 1. The first-order valence-corrected chi connectivity index (χ1v) is 11.0. The molecule has 3 aliphatic rings. The highest BCUT2D eigenvalue weighted by Gasteiger charge is 2.51. The fraction of sp³-hybridized carbons (Fsp3) is 0.680. The topological polar surface area (TPSA) is 12.0 Å². The van der Waals surface area contributed by atoms with E-state index >= 15 is 0 Å². The van der Waals surface area contributed by atoms with Crippen molar-refractivity contribution in [3.8, 4) is 0 Å². The van der Waals surface area contributed by atoms with Crippen molar-refractivity contribution in [2.24, 2.45) is 17.3 Å². The SMILES string of the molecule is C=C(NC1CCCCC1)C1(C)CC2CC(C)CC(c3ccccc3)(C2)C1. The Labute approximate surface area is 160 Å². The number of rotatable bonds is 4. The van der Waals surface area contributed by atoms with Gasteiger partial charge in [0.05, 0.1) is 0 Å². The molecule has 0 aliphatic heterocycles. The molecule has 3 fully saturated rings. The van der Waals surface area contributed by atoms with E-state index in [-0.39, 0.29) is 5.41 Å². The second kappa shape index (κ2) is 7.06. The first-order chi connectivity index (χ1) is 12.5. The predicted octanol–water partition coefficient (Wildman–Crippen LogP) is 6.60. The van der Waals surface area contributed by atoms with Crippen molar-refractivity contribution in [3.05, 3.63) is 48.2 Å². The van der Waals surface area contributed by atoms with E-state index in [0.717, 1.165) is 11.8 Å². The van der Waals surface area contributed by atoms with Gasteiger partial charge < -0.3 is 5.32 Å². The zero-order valence-electron chi connectivity index (χ0n) is 16.9. The molecule has 0 saturated heterocycles. The molecule has 1 heteroatoms. The standard InChI is InChI=1S/C25H37N/c1-19-14-21-16-24(3,20(2)26-23-12-8-5-9-13-23)18-25(15-19,17-21)22-10-6-4-7-11-22/h4,6-7,10-11,19,21,23,26H,2,5,8-9,12-18H2,1,3H3. The molecular weight excluding hydrogens is 314 g/mol. The van der Waals surface area contributed by atoms with E-state index in [0.29, 0.717) is 11.5 Å². The van der Waals surface area contributed by atoms with Gasteiger partial charge in [0.15, 0.2) is 0 Å². The van der Waals surface area contributed by atoms with Crippen LogP contribution < -0.4 is 5.32 Å². The van der Waals surface area contributed by atoms with Gasteiger partial charge in [0.1, 0.15) is 0 Å². The summed E-state index contributed by atoms with van der Waals surface area (Å²) in [4.78, 5) is 0. The smallest absolute Gasteiger partial charge is 0.0258 e. The second-order valence-electron chi connectivity index (χ2n) is 10.2. The van der Waals surface area contributed by atoms with Crippen LogP contribution in [0.1, 0.15) is 83.6 Å². The Bertz CT molecular complexity index is 625. The highest BCUT2D eigenvalue weighted by atomic mass is 14.9. The monoisotopic (exact) mass is 351 g/mol. The van der Waals surface area contributed by atoms with Crippen molar-refractivity contribution >= 4 is 0 Å². The lowest BCUT2D eigenvalue weighted by Gasteiger charge is -2.55. The van der Waals surface area contributed by atoms with Crippen LogP contribution in [-0.4, -0.2) is 6.04 Å². The summed E-state index contributed by atoms with van der Waals surface area (Å²) in [5.74, 6) is 1.70. The van der Waals surface area contributed by atoms with E-state index in [1.807, 2.05) is 0 Å². The molecule has 4 atom stereocenters. The Morgan fingerprint density at radius 2 is 1.77 bits per heavy atom. The van der Waals surface area contributed by atoms with Gasteiger partial charge in [0.2, 0.25) is 0 Å². The van der Waals surface area contributed by atoms with Crippen LogP contribution in [-0.2, 0) is 5.41 Å². The molecule has 142 valence electrons. The summed E-state index contributed by atoms with van der Waals surface area (Å²) in [6.45, 7) is 9.58. The van der Waals surface area contributed by atoms with Gasteiger partial charge in [0.25, 0.3) is 0 Å². The van der Waals surface area contributed by atoms with E-state index in [2.05, 4.69) is 56.1 Å². The summed E-state index contributed by atoms with van der Waals surface area (Å²) >= 11 is 0. The Kier molecular flexibility index (Phi) is 4.92. The maximum absolute atomic E-state index is 4.60. The number of benzene rings is 1. The fourth-order valence-corrected chi connectivity index (χ4v) is 6.82. The molecule has 0 spiro atoms. The van der Waals surface area contributed by atoms with Crippen molar-refractivity contribution in [3.63, 3.8) is 0 Å². The van der Waals surface area contributed by atoms with Gasteiger partial charge in [-0.2, -0.15) is 0 Å². The molecule has 3 aliphatic carbocycles. The minimum Gasteiger partial charge on any atom is -0.386 e. The van der Waals surface area contributed by atoms with Crippen LogP contribution in [0.15, 0.2) is 42.6 Å². The summed E-state index contributed by atoms with van der Waals surface area (Å²) in [5, 5.41) is 3.90. The number of fused-ring (bicyclic) bond motifs is 2. The molecule has 4 unspecified atom stereocenters. The molecule has 1 nitrogen and oxygen atoms in total. The summed E-state index contributed by atoms with van der Waals surface area (Å²) in [6, 6.07) is 12.1. The molecule has 2 bridgehead atoms. The van der Waals surface area contributed by atoms with Crippen molar-refractivity contribution in [1.82, 2.24) is 5.32 Å². The maximum Gasteiger partial charge on any atom is 0.0258 e. The van der Waals surface area contributed by atoms with Gasteiger partial charge in [-0.1, -0.05) is 70.0 Å². The van der Waals surface area contributed by atoms with E-state index in [1.54, 1.807) is 5.56 Å². The molecule has 0 aromatic heterocycles. The molecule has 3 saturated carbocycles. The molecule has 1 aromatic rings. The number of allylic oxidation sites excluding steroid dienone is 1. The third kappa shape index (κ3) is 3.47. The van der Waals surface area contributed by atoms with Crippen molar-refractivity contribution in [2.75, 3.05) is 0 Å². The lowest BCUT2D eigenvalue weighted by Crippen LogP contribution is -2.49. The average Bonchev–Trinajstić information content (AvgIpc) is 2.62. The summed E-state index contributed by atoms with van der Waals surface area (Å²) in [5.41, 5.74) is 3.50. The van der Waals surface area contributed by atoms with Crippen molar-refractivity contribution in [1.29, 1.82) is 0 Å². The molecule has 26 heavy (non-hydrogen) atoms. The first-order valence-electron chi connectivity index (χ1n) is 11.0. The maximum atomic E-state index is 4.60. The van der Waals surface area contributed by atoms with Crippen LogP contribution in [0.4, 0.5) is 0 Å². The zero-order chi connectivity index (χ0) is 18.2. The Balaban J connectivity index is 1.58. The quantitative estimate of drug-likeness (QED) is 0.644. The summed E-state index contributed by atoms with van der Waals surface area (Å²) in [7, 11) is 0. The van der Waals surface area contributed by atoms with Gasteiger partial charge in [-0.05, 0) is 67.8 Å².